The van der Waals surface area contributed by atoms with Crippen LogP contribution in [-0.4, -0.2) is 31.9 Å². The fraction of sp³-hybridized carbons (Fsp3) is 0.455. The first-order chi connectivity index (χ1) is 7.59. The van der Waals surface area contributed by atoms with Gasteiger partial charge in [-0.2, -0.15) is 0 Å². The van der Waals surface area contributed by atoms with Crippen LogP contribution < -0.4 is 11.1 Å². The zero-order valence-electron chi connectivity index (χ0n) is 10.2. The molecule has 0 aliphatic rings. The van der Waals surface area contributed by atoms with Gasteiger partial charge in [0, 0.05) is 12.8 Å². The van der Waals surface area contributed by atoms with E-state index >= 15 is 0 Å². The van der Waals surface area contributed by atoms with Crippen molar-refractivity contribution in [2.45, 2.75) is 24.3 Å². The second-order valence-corrected chi connectivity index (χ2v) is 6.70. The summed E-state index contributed by atoms with van der Waals surface area (Å²) < 4.78 is 22.6. The maximum absolute atomic E-state index is 11.3. The van der Waals surface area contributed by atoms with Crippen molar-refractivity contribution in [1.29, 1.82) is 0 Å². The summed E-state index contributed by atoms with van der Waals surface area (Å²) in [7, 11) is -3.24. The van der Waals surface area contributed by atoms with E-state index in [1.54, 1.807) is 19.9 Å². The molecule has 1 aromatic carbocycles. The van der Waals surface area contributed by atoms with Crippen LogP contribution in [0.5, 0.6) is 0 Å². The molecule has 0 aliphatic heterocycles. The highest BCUT2D eigenvalue weighted by Crippen LogP contribution is 2.23. The van der Waals surface area contributed by atoms with Gasteiger partial charge < -0.3 is 16.2 Å². The molecule has 17 heavy (non-hydrogen) atoms. The summed E-state index contributed by atoms with van der Waals surface area (Å²) >= 11 is 0. The van der Waals surface area contributed by atoms with Crippen LogP contribution in [0.25, 0.3) is 0 Å². The van der Waals surface area contributed by atoms with Crippen LogP contribution in [0.3, 0.4) is 0 Å². The number of hydrogen-bond acceptors (Lipinski definition) is 5. The van der Waals surface area contributed by atoms with Crippen molar-refractivity contribution in [3.05, 3.63) is 18.2 Å². The minimum absolute atomic E-state index is 0.184. The highest BCUT2D eigenvalue weighted by molar-refractivity contribution is 7.90. The summed E-state index contributed by atoms with van der Waals surface area (Å²) in [5.41, 5.74) is 5.83. The molecule has 0 fully saturated rings. The smallest absolute Gasteiger partial charge is 0.175 e. The number of benzene rings is 1. The molecule has 0 aromatic heterocycles. The number of hydrogen-bond donors (Lipinski definition) is 3. The highest BCUT2D eigenvalue weighted by Gasteiger charge is 2.14. The monoisotopic (exact) mass is 258 g/mol. The fourth-order valence-corrected chi connectivity index (χ4v) is 1.90. The van der Waals surface area contributed by atoms with Gasteiger partial charge in [-0.3, -0.25) is 0 Å². The van der Waals surface area contributed by atoms with Gasteiger partial charge in [0.25, 0.3) is 0 Å². The van der Waals surface area contributed by atoms with E-state index < -0.39 is 15.4 Å². The lowest BCUT2D eigenvalue weighted by Crippen LogP contribution is -2.29. The van der Waals surface area contributed by atoms with Crippen molar-refractivity contribution in [1.82, 2.24) is 0 Å². The molecule has 0 saturated heterocycles. The summed E-state index contributed by atoms with van der Waals surface area (Å²) in [6.45, 7) is 3.66. The lowest BCUT2D eigenvalue weighted by Gasteiger charge is -2.19. The van der Waals surface area contributed by atoms with Gasteiger partial charge in [-0.15, -0.1) is 0 Å². The molecule has 0 radical (unpaired) electrons. The Morgan fingerprint density at radius 1 is 1.41 bits per heavy atom. The molecule has 96 valence electrons. The highest BCUT2D eigenvalue weighted by atomic mass is 32.2. The third-order valence-electron chi connectivity index (χ3n) is 2.16. The van der Waals surface area contributed by atoms with Crippen molar-refractivity contribution in [3.8, 4) is 0 Å². The molecule has 0 amide bonds. The zero-order valence-corrected chi connectivity index (χ0v) is 11.0. The Morgan fingerprint density at radius 2 is 2.00 bits per heavy atom. The van der Waals surface area contributed by atoms with Crippen LogP contribution in [0.2, 0.25) is 0 Å². The van der Waals surface area contributed by atoms with Crippen molar-refractivity contribution in [3.63, 3.8) is 0 Å². The Labute approximate surface area is 102 Å². The average molecular weight is 258 g/mol. The topological polar surface area (TPSA) is 92.4 Å². The Bertz CT molecular complexity index is 504. The normalized spacial score (nSPS) is 12.5. The largest absolute Gasteiger partial charge is 0.397 e. The molecular weight excluding hydrogens is 240 g/mol. The molecule has 1 aromatic rings. The van der Waals surface area contributed by atoms with Gasteiger partial charge in [0.1, 0.15) is 0 Å². The van der Waals surface area contributed by atoms with Gasteiger partial charge in [-0.05, 0) is 32.0 Å². The number of anilines is 2. The lowest BCUT2D eigenvalue weighted by molar-refractivity contribution is 0.0945. The molecule has 1 rings (SSSR count). The Hall–Kier alpha value is -1.27. The second-order valence-electron chi connectivity index (χ2n) is 4.69. The van der Waals surface area contributed by atoms with Gasteiger partial charge in [0.2, 0.25) is 0 Å². The third kappa shape index (κ3) is 4.24. The van der Waals surface area contributed by atoms with E-state index in [9.17, 15) is 13.5 Å². The predicted molar refractivity (Wildman–Crippen MR) is 68.8 cm³/mol. The van der Waals surface area contributed by atoms with E-state index in [1.807, 2.05) is 0 Å². The molecule has 0 saturated carbocycles. The first kappa shape index (κ1) is 13.8. The first-order valence-electron chi connectivity index (χ1n) is 5.15. The quantitative estimate of drug-likeness (QED) is 0.696. The number of rotatable bonds is 4. The Morgan fingerprint density at radius 3 is 2.41 bits per heavy atom. The van der Waals surface area contributed by atoms with Gasteiger partial charge in [0.15, 0.2) is 9.84 Å². The molecule has 0 bridgehead atoms. The average Bonchev–Trinajstić information content (AvgIpc) is 2.12. The van der Waals surface area contributed by atoms with Gasteiger partial charge in [-0.25, -0.2) is 8.42 Å². The van der Waals surface area contributed by atoms with Gasteiger partial charge in [-0.1, -0.05) is 0 Å². The maximum atomic E-state index is 11.3. The fourth-order valence-electron chi connectivity index (χ4n) is 1.24. The van der Waals surface area contributed by atoms with Crippen LogP contribution >= 0.6 is 0 Å². The van der Waals surface area contributed by atoms with Crippen LogP contribution in [-0.2, 0) is 9.84 Å². The van der Waals surface area contributed by atoms with Crippen LogP contribution in [0.1, 0.15) is 13.8 Å². The van der Waals surface area contributed by atoms with E-state index in [4.69, 9.17) is 5.73 Å². The number of aliphatic hydroxyl groups is 1. The molecule has 6 heteroatoms. The minimum Gasteiger partial charge on any atom is -0.397 e. The predicted octanol–water partition coefficient (Wildman–Crippen LogP) is 0.855. The second kappa shape index (κ2) is 4.54. The van der Waals surface area contributed by atoms with Crippen molar-refractivity contribution in [2.75, 3.05) is 23.9 Å². The van der Waals surface area contributed by atoms with E-state index in [-0.39, 0.29) is 4.90 Å². The molecule has 0 atom stereocenters. The van der Waals surface area contributed by atoms with Gasteiger partial charge in [0.05, 0.1) is 21.9 Å². The molecule has 0 spiro atoms. The molecule has 5 nitrogen and oxygen atoms in total. The summed E-state index contributed by atoms with van der Waals surface area (Å²) in [4.78, 5) is 0.184. The number of nitrogens with two attached hydrogens (primary N) is 1. The maximum Gasteiger partial charge on any atom is 0.175 e. The van der Waals surface area contributed by atoms with Crippen molar-refractivity contribution in [2.24, 2.45) is 0 Å². The molecular formula is C11H18N2O3S. The van der Waals surface area contributed by atoms with Crippen LogP contribution in [0, 0.1) is 0 Å². The van der Waals surface area contributed by atoms with E-state index in [0.29, 0.717) is 17.9 Å². The Balaban J connectivity index is 2.92. The Kier molecular flexibility index (Phi) is 3.68. The third-order valence-corrected chi connectivity index (χ3v) is 3.27. The summed E-state index contributed by atoms with van der Waals surface area (Å²) in [6, 6.07) is 4.48. The summed E-state index contributed by atoms with van der Waals surface area (Å²) in [5.74, 6) is 0. The van der Waals surface area contributed by atoms with Crippen molar-refractivity contribution >= 4 is 21.2 Å². The number of nitrogens with one attached hydrogen (secondary N) is 1. The van der Waals surface area contributed by atoms with Crippen LogP contribution in [0.4, 0.5) is 11.4 Å². The lowest BCUT2D eigenvalue weighted by atomic mass is 10.1. The molecule has 0 unspecified atom stereocenters. The molecule has 0 heterocycles. The van der Waals surface area contributed by atoms with E-state index in [0.717, 1.165) is 6.26 Å². The first-order valence-corrected chi connectivity index (χ1v) is 7.04. The SMILES string of the molecule is CC(C)(O)CNc1ccc(S(C)(=O)=O)cc1N. The molecule has 4 N–H and O–H groups in total. The standard InChI is InChI=1S/C11H18N2O3S/c1-11(2,14)7-13-10-5-4-8(6-9(10)12)17(3,15)16/h4-6,13-14H,7,12H2,1-3H3. The van der Waals surface area contributed by atoms with E-state index in [2.05, 4.69) is 5.32 Å². The minimum atomic E-state index is -3.24. The number of sulfone groups is 1. The summed E-state index contributed by atoms with van der Waals surface area (Å²) in [6.07, 6.45) is 1.13. The number of nitrogen functional groups attached to an aromatic ring is 1. The van der Waals surface area contributed by atoms with Gasteiger partial charge >= 0.3 is 0 Å². The van der Waals surface area contributed by atoms with Crippen molar-refractivity contribution < 1.29 is 13.5 Å². The zero-order chi connectivity index (χ0) is 13.3. The van der Waals surface area contributed by atoms with E-state index in [1.165, 1.54) is 12.1 Å². The summed E-state index contributed by atoms with van der Waals surface area (Å²) in [5, 5.41) is 12.5. The molecule has 0 aliphatic carbocycles. The van der Waals surface area contributed by atoms with Crippen LogP contribution in [0.15, 0.2) is 23.1 Å².